The van der Waals surface area contributed by atoms with Gasteiger partial charge in [-0.1, -0.05) is 35.9 Å². The number of aryl methyl sites for hydroxylation is 1. The molecule has 0 aliphatic carbocycles. The summed E-state index contributed by atoms with van der Waals surface area (Å²) in [5, 5.41) is 0. The summed E-state index contributed by atoms with van der Waals surface area (Å²) in [6.45, 7) is 3.61. The van der Waals surface area contributed by atoms with Gasteiger partial charge in [-0.15, -0.1) is 0 Å². The van der Waals surface area contributed by atoms with Crippen LogP contribution >= 0.6 is 0 Å². The minimum Gasteiger partial charge on any atom is -0.496 e. The van der Waals surface area contributed by atoms with Gasteiger partial charge in [-0.25, -0.2) is 4.79 Å². The Hall–Kier alpha value is -2.38. The molecule has 0 spiro atoms. The molecule has 0 unspecified atom stereocenters. The van der Waals surface area contributed by atoms with Crippen molar-refractivity contribution in [3.05, 3.63) is 59.7 Å². The van der Waals surface area contributed by atoms with Gasteiger partial charge in [0.15, 0.2) is 6.10 Å². The fraction of sp³-hybridized carbons (Fsp3) is 0.316. The molecule has 140 valence electrons. The van der Waals surface area contributed by atoms with Crippen LogP contribution in [0.3, 0.4) is 0 Å². The van der Waals surface area contributed by atoms with Gasteiger partial charge >= 0.3 is 5.97 Å². The summed E-state index contributed by atoms with van der Waals surface area (Å²) in [5.74, 6) is -0.202. The van der Waals surface area contributed by atoms with Crippen LogP contribution in [0.4, 0.5) is 0 Å². The van der Waals surface area contributed by atoms with E-state index >= 15 is 0 Å². The summed E-state index contributed by atoms with van der Waals surface area (Å²) in [6.07, 6.45) is -1.30. The molecule has 0 amide bonds. The van der Waals surface area contributed by atoms with Gasteiger partial charge in [-0.2, -0.15) is 8.42 Å². The van der Waals surface area contributed by atoms with Crippen LogP contribution in [0, 0.1) is 6.92 Å². The molecule has 2 rings (SSSR count). The Morgan fingerprint density at radius 1 is 1.08 bits per heavy atom. The van der Waals surface area contributed by atoms with E-state index in [0.717, 1.165) is 5.56 Å². The van der Waals surface area contributed by atoms with Crippen LogP contribution in [-0.4, -0.2) is 34.2 Å². The standard InChI is InChI=1S/C19H22O6S/c1-4-24-19(20)18(13-15-7-5-6-8-17(15)23-3)25-26(21,22)16-11-9-14(2)10-12-16/h5-12,18H,4,13H2,1-3H3/t18-/m0/s1. The predicted molar refractivity (Wildman–Crippen MR) is 96.6 cm³/mol. The molecule has 7 heteroatoms. The second-order valence-electron chi connectivity index (χ2n) is 5.62. The van der Waals surface area contributed by atoms with Gasteiger partial charge in [-0.05, 0) is 37.6 Å². The van der Waals surface area contributed by atoms with E-state index in [4.69, 9.17) is 13.7 Å². The Bertz CT molecular complexity index is 843. The molecular formula is C19H22O6S. The molecule has 2 aromatic carbocycles. The van der Waals surface area contributed by atoms with Gasteiger partial charge in [0.25, 0.3) is 10.1 Å². The first-order chi connectivity index (χ1) is 12.4. The largest absolute Gasteiger partial charge is 0.496 e. The third kappa shape index (κ3) is 5.06. The Kier molecular flexibility index (Phi) is 6.76. The normalized spacial score (nSPS) is 12.4. The molecule has 0 saturated carbocycles. The highest BCUT2D eigenvalue weighted by Crippen LogP contribution is 2.23. The number of benzene rings is 2. The van der Waals surface area contributed by atoms with Crippen LogP contribution in [-0.2, 0) is 30.3 Å². The molecule has 0 radical (unpaired) electrons. The average molecular weight is 378 g/mol. The summed E-state index contributed by atoms with van der Waals surface area (Å²) < 4.78 is 40.6. The topological polar surface area (TPSA) is 78.9 Å². The predicted octanol–water partition coefficient (Wildman–Crippen LogP) is 2.88. The second kappa shape index (κ2) is 8.82. The Labute approximate surface area is 153 Å². The van der Waals surface area contributed by atoms with Crippen LogP contribution in [0.5, 0.6) is 5.75 Å². The molecule has 0 fully saturated rings. The van der Waals surface area contributed by atoms with Gasteiger partial charge in [0.2, 0.25) is 0 Å². The summed E-state index contributed by atoms with van der Waals surface area (Å²) in [6, 6.07) is 13.2. The van der Waals surface area contributed by atoms with Crippen LogP contribution in [0.15, 0.2) is 53.4 Å². The monoisotopic (exact) mass is 378 g/mol. The lowest BCUT2D eigenvalue weighted by Gasteiger charge is -2.17. The van der Waals surface area contributed by atoms with Gasteiger partial charge < -0.3 is 9.47 Å². The van der Waals surface area contributed by atoms with Crippen LogP contribution in [0.25, 0.3) is 0 Å². The summed E-state index contributed by atoms with van der Waals surface area (Å²) >= 11 is 0. The number of para-hydroxylation sites is 1. The third-order valence-electron chi connectivity index (χ3n) is 3.70. The van der Waals surface area contributed by atoms with Gasteiger partial charge in [0, 0.05) is 6.42 Å². The first kappa shape index (κ1) is 19.9. The van der Waals surface area contributed by atoms with Crippen molar-refractivity contribution >= 4 is 16.1 Å². The molecule has 0 bridgehead atoms. The summed E-state index contributed by atoms with van der Waals surface area (Å²) in [7, 11) is -2.62. The lowest BCUT2D eigenvalue weighted by atomic mass is 10.1. The highest BCUT2D eigenvalue weighted by Gasteiger charge is 2.29. The Balaban J connectivity index is 2.30. The summed E-state index contributed by atoms with van der Waals surface area (Å²) in [5.41, 5.74) is 1.56. The maximum Gasteiger partial charge on any atom is 0.337 e. The SMILES string of the molecule is CCOC(=O)[C@H](Cc1ccccc1OC)OS(=O)(=O)c1ccc(C)cc1. The van der Waals surface area contributed by atoms with Crippen molar-refractivity contribution in [2.75, 3.05) is 13.7 Å². The van der Waals surface area contributed by atoms with Crippen molar-refractivity contribution in [3.63, 3.8) is 0 Å². The first-order valence-electron chi connectivity index (χ1n) is 8.16. The molecule has 0 aliphatic heterocycles. The fourth-order valence-corrected chi connectivity index (χ4v) is 3.41. The van der Waals surface area contributed by atoms with E-state index in [1.165, 1.54) is 19.2 Å². The van der Waals surface area contributed by atoms with Crippen LogP contribution in [0.2, 0.25) is 0 Å². The minimum atomic E-state index is -4.12. The van der Waals surface area contributed by atoms with E-state index in [1.807, 2.05) is 6.92 Å². The lowest BCUT2D eigenvalue weighted by molar-refractivity contribution is -0.151. The number of esters is 1. The molecule has 1 atom stereocenters. The minimum absolute atomic E-state index is 0.00788. The van der Waals surface area contributed by atoms with Crippen molar-refractivity contribution in [3.8, 4) is 5.75 Å². The number of carbonyl (C=O) groups is 1. The number of methoxy groups -OCH3 is 1. The maximum atomic E-state index is 12.5. The van der Waals surface area contributed by atoms with Crippen molar-refractivity contribution in [2.45, 2.75) is 31.3 Å². The van der Waals surface area contributed by atoms with Crippen molar-refractivity contribution < 1.29 is 26.9 Å². The van der Waals surface area contributed by atoms with Gasteiger partial charge in [-0.3, -0.25) is 4.18 Å². The van der Waals surface area contributed by atoms with Gasteiger partial charge in [0.05, 0.1) is 18.6 Å². The van der Waals surface area contributed by atoms with Crippen molar-refractivity contribution in [2.24, 2.45) is 0 Å². The van der Waals surface area contributed by atoms with Crippen molar-refractivity contribution in [1.29, 1.82) is 0 Å². The van der Waals surface area contributed by atoms with E-state index < -0.39 is 22.2 Å². The number of carbonyl (C=O) groups excluding carboxylic acids is 1. The van der Waals surface area contributed by atoms with E-state index in [2.05, 4.69) is 0 Å². The molecule has 6 nitrogen and oxygen atoms in total. The molecule has 0 aliphatic rings. The highest BCUT2D eigenvalue weighted by molar-refractivity contribution is 7.86. The van der Waals surface area contributed by atoms with E-state index in [0.29, 0.717) is 11.3 Å². The zero-order valence-electron chi connectivity index (χ0n) is 15.0. The molecule has 0 aromatic heterocycles. The average Bonchev–Trinajstić information content (AvgIpc) is 2.62. The Morgan fingerprint density at radius 3 is 2.35 bits per heavy atom. The van der Waals surface area contributed by atoms with Gasteiger partial charge in [0.1, 0.15) is 5.75 Å². The fourth-order valence-electron chi connectivity index (χ4n) is 2.38. The number of ether oxygens (including phenoxy) is 2. The number of hydrogen-bond donors (Lipinski definition) is 0. The molecule has 26 heavy (non-hydrogen) atoms. The molecule has 2 aromatic rings. The van der Waals surface area contributed by atoms with Crippen molar-refractivity contribution in [1.82, 2.24) is 0 Å². The molecule has 0 saturated heterocycles. The molecule has 0 heterocycles. The van der Waals surface area contributed by atoms with E-state index in [9.17, 15) is 13.2 Å². The van der Waals surface area contributed by atoms with Crippen LogP contribution < -0.4 is 4.74 Å². The highest BCUT2D eigenvalue weighted by atomic mass is 32.2. The summed E-state index contributed by atoms with van der Waals surface area (Å²) in [4.78, 5) is 12.2. The maximum absolute atomic E-state index is 12.5. The Morgan fingerprint density at radius 2 is 1.73 bits per heavy atom. The molecular weight excluding hydrogens is 356 g/mol. The zero-order chi connectivity index (χ0) is 19.2. The van der Waals surface area contributed by atoms with E-state index in [1.54, 1.807) is 43.3 Å². The third-order valence-corrected chi connectivity index (χ3v) is 5.03. The smallest absolute Gasteiger partial charge is 0.337 e. The number of rotatable bonds is 8. The zero-order valence-corrected chi connectivity index (χ0v) is 15.8. The van der Waals surface area contributed by atoms with E-state index in [-0.39, 0.29) is 17.9 Å². The first-order valence-corrected chi connectivity index (χ1v) is 9.56. The molecule has 0 N–H and O–H groups in total. The van der Waals surface area contributed by atoms with Crippen LogP contribution in [0.1, 0.15) is 18.1 Å². The number of hydrogen-bond acceptors (Lipinski definition) is 6. The lowest BCUT2D eigenvalue weighted by Crippen LogP contribution is -2.31. The second-order valence-corrected chi connectivity index (χ2v) is 7.19. The quantitative estimate of drug-likeness (QED) is 0.519.